The van der Waals surface area contributed by atoms with Crippen LogP contribution < -0.4 is 21.0 Å². The van der Waals surface area contributed by atoms with Gasteiger partial charge in [0.25, 0.3) is 5.91 Å². The first-order chi connectivity index (χ1) is 13.5. The lowest BCUT2D eigenvalue weighted by molar-refractivity contribution is -0.510. The van der Waals surface area contributed by atoms with Gasteiger partial charge in [-0.3, -0.25) is 10.5 Å². The third-order valence-electron chi connectivity index (χ3n) is 3.76. The first-order valence-electron chi connectivity index (χ1n) is 8.23. The number of nitrogens with zero attached hydrogens (tertiary/aromatic N) is 1. The van der Waals surface area contributed by atoms with E-state index in [-0.39, 0.29) is 18.0 Å². The molecule has 3 rings (SSSR count). The fourth-order valence-electron chi connectivity index (χ4n) is 2.40. The highest BCUT2D eigenvalue weighted by Gasteiger charge is 2.23. The van der Waals surface area contributed by atoms with Gasteiger partial charge in [0.05, 0.1) is 5.02 Å². The van der Waals surface area contributed by atoms with E-state index < -0.39 is 5.91 Å². The summed E-state index contributed by atoms with van der Waals surface area (Å²) in [5, 5.41) is 7.63. The Hall–Kier alpha value is -3.03. The average molecular weight is 420 g/mol. The monoisotopic (exact) mass is 419 g/mol. The van der Waals surface area contributed by atoms with Crippen LogP contribution in [0, 0.1) is 6.92 Å². The van der Waals surface area contributed by atoms with Crippen molar-refractivity contribution in [3.8, 4) is 17.0 Å². The van der Waals surface area contributed by atoms with Crippen molar-refractivity contribution in [3.63, 3.8) is 0 Å². The summed E-state index contributed by atoms with van der Waals surface area (Å²) in [4.78, 5) is 12.6. The molecule has 0 saturated heterocycles. The lowest BCUT2D eigenvalue weighted by atomic mass is 10.1. The molecule has 1 heterocycles. The number of halogens is 2. The highest BCUT2D eigenvalue weighted by atomic mass is 35.5. The molecule has 7 nitrogen and oxygen atoms in total. The summed E-state index contributed by atoms with van der Waals surface area (Å²) in [7, 11) is 0. The standard InChI is InChI=1S/C19H16Cl2N4O3/c1-11-17(18(25-28-11)14-4-2-3-5-15(14)21)19(26)24-23-16(22)10-27-13-8-6-12(20)7-9-13/h2-9H,10H2,1H3,(H2,22,23)(H,24,26)/p+1. The van der Waals surface area contributed by atoms with Gasteiger partial charge in [-0.05, 0) is 37.3 Å². The van der Waals surface area contributed by atoms with E-state index in [2.05, 4.69) is 15.7 Å². The number of carbonyl (C=O) groups is 1. The van der Waals surface area contributed by atoms with Crippen molar-refractivity contribution >= 4 is 34.9 Å². The minimum absolute atomic E-state index is 0.0436. The Morgan fingerprint density at radius 2 is 1.93 bits per heavy atom. The molecular formula is C19H17Cl2N4O3+. The van der Waals surface area contributed by atoms with Gasteiger partial charge in [-0.2, -0.15) is 10.5 Å². The van der Waals surface area contributed by atoms with Crippen molar-refractivity contribution in [1.29, 1.82) is 0 Å². The van der Waals surface area contributed by atoms with E-state index in [1.54, 1.807) is 55.5 Å². The van der Waals surface area contributed by atoms with Gasteiger partial charge < -0.3 is 9.26 Å². The zero-order valence-corrected chi connectivity index (χ0v) is 16.3. The maximum atomic E-state index is 12.6. The van der Waals surface area contributed by atoms with Crippen LogP contribution in [0.5, 0.6) is 5.75 Å². The van der Waals surface area contributed by atoms with Crippen LogP contribution in [0.1, 0.15) is 16.1 Å². The second kappa shape index (κ2) is 8.77. The Morgan fingerprint density at radius 3 is 2.64 bits per heavy atom. The number of amides is 1. The SMILES string of the molecule is Cc1onc(-c2ccccc2Cl)c1C(=O)N[NH+]=C(N)COc1ccc(Cl)cc1. The lowest BCUT2D eigenvalue weighted by Gasteiger charge is -2.04. The fourth-order valence-corrected chi connectivity index (χ4v) is 2.76. The van der Waals surface area contributed by atoms with Gasteiger partial charge in [0, 0.05) is 10.6 Å². The Kier molecular flexibility index (Phi) is 6.18. The molecule has 1 amide bonds. The molecule has 0 fully saturated rings. The molecule has 0 atom stereocenters. The molecule has 0 radical (unpaired) electrons. The molecule has 0 spiro atoms. The van der Waals surface area contributed by atoms with Gasteiger partial charge in [0.15, 0.2) is 6.61 Å². The van der Waals surface area contributed by atoms with Crippen molar-refractivity contribution < 1.29 is 19.2 Å². The van der Waals surface area contributed by atoms with Crippen LogP contribution in [0.4, 0.5) is 0 Å². The van der Waals surface area contributed by atoms with E-state index in [0.29, 0.717) is 32.8 Å². The second-order valence-electron chi connectivity index (χ2n) is 5.79. The highest BCUT2D eigenvalue weighted by Crippen LogP contribution is 2.30. The maximum absolute atomic E-state index is 12.6. The predicted molar refractivity (Wildman–Crippen MR) is 106 cm³/mol. The summed E-state index contributed by atoms with van der Waals surface area (Å²) in [5.41, 5.74) is 9.54. The fraction of sp³-hybridized carbons (Fsp3) is 0.105. The second-order valence-corrected chi connectivity index (χ2v) is 6.63. The number of hydrazine groups is 1. The number of hydrogen-bond donors (Lipinski definition) is 3. The molecule has 0 saturated carbocycles. The Labute approximate surface area is 171 Å². The normalized spacial score (nSPS) is 11.3. The van der Waals surface area contributed by atoms with Crippen LogP contribution in [0.15, 0.2) is 53.1 Å². The van der Waals surface area contributed by atoms with Crippen molar-refractivity contribution in [2.45, 2.75) is 6.92 Å². The summed E-state index contributed by atoms with van der Waals surface area (Å²) in [5.74, 6) is 0.682. The molecule has 1 aromatic heterocycles. The van der Waals surface area contributed by atoms with Crippen LogP contribution in [0.3, 0.4) is 0 Å². The number of nitrogens with one attached hydrogen (secondary N) is 2. The number of rotatable bonds is 6. The van der Waals surface area contributed by atoms with E-state index in [4.69, 9.17) is 38.2 Å². The summed E-state index contributed by atoms with van der Waals surface area (Å²) in [6.45, 7) is 1.68. The number of benzene rings is 2. The van der Waals surface area contributed by atoms with Crippen LogP contribution in [0.2, 0.25) is 10.0 Å². The predicted octanol–water partition coefficient (Wildman–Crippen LogP) is 2.12. The van der Waals surface area contributed by atoms with Crippen molar-refractivity contribution in [1.82, 2.24) is 10.6 Å². The molecule has 144 valence electrons. The number of aromatic nitrogens is 1. The largest absolute Gasteiger partial charge is 0.481 e. The first kappa shape index (κ1) is 19.7. The zero-order valence-electron chi connectivity index (χ0n) is 14.8. The van der Waals surface area contributed by atoms with Crippen molar-refractivity contribution in [3.05, 3.63) is 69.9 Å². The van der Waals surface area contributed by atoms with E-state index >= 15 is 0 Å². The zero-order chi connectivity index (χ0) is 20.1. The van der Waals surface area contributed by atoms with E-state index in [9.17, 15) is 4.79 Å². The van der Waals surface area contributed by atoms with Crippen LogP contribution in [-0.2, 0) is 0 Å². The van der Waals surface area contributed by atoms with Gasteiger partial charge in [0.1, 0.15) is 22.8 Å². The van der Waals surface area contributed by atoms with Crippen molar-refractivity contribution in [2.75, 3.05) is 6.61 Å². The molecular weight excluding hydrogens is 403 g/mol. The van der Waals surface area contributed by atoms with Gasteiger partial charge in [-0.25, -0.2) is 0 Å². The number of ether oxygens (including phenoxy) is 1. The first-order valence-corrected chi connectivity index (χ1v) is 8.98. The molecule has 0 unspecified atom stereocenters. The molecule has 4 N–H and O–H groups in total. The molecule has 28 heavy (non-hydrogen) atoms. The number of nitrogens with two attached hydrogens (primary N) is 1. The van der Waals surface area contributed by atoms with Gasteiger partial charge in [-0.1, -0.05) is 46.6 Å². The topological polar surface area (TPSA) is 104 Å². The summed E-state index contributed by atoms with van der Waals surface area (Å²) in [6.07, 6.45) is 0. The number of hydrogen-bond acceptors (Lipinski definition) is 4. The van der Waals surface area contributed by atoms with Gasteiger partial charge in [-0.15, -0.1) is 0 Å². The van der Waals surface area contributed by atoms with Crippen molar-refractivity contribution in [2.24, 2.45) is 5.73 Å². The summed E-state index contributed by atoms with van der Waals surface area (Å²) in [6, 6.07) is 13.9. The van der Waals surface area contributed by atoms with Crippen LogP contribution >= 0.6 is 23.2 Å². The third-order valence-corrected chi connectivity index (χ3v) is 4.34. The quantitative estimate of drug-likeness (QED) is 0.322. The minimum Gasteiger partial charge on any atom is -0.481 e. The maximum Gasteiger partial charge on any atom is 0.302 e. The number of hydrazone groups is 1. The van der Waals surface area contributed by atoms with E-state index in [1.165, 1.54) is 0 Å². The highest BCUT2D eigenvalue weighted by molar-refractivity contribution is 6.33. The third kappa shape index (κ3) is 4.62. The molecule has 3 aromatic rings. The van der Waals surface area contributed by atoms with E-state index in [0.717, 1.165) is 0 Å². The molecule has 0 aliphatic carbocycles. The lowest BCUT2D eigenvalue weighted by Crippen LogP contribution is -2.87. The number of aryl methyl sites for hydroxylation is 1. The molecule has 0 aliphatic rings. The molecule has 0 bridgehead atoms. The molecule has 9 heteroatoms. The van der Waals surface area contributed by atoms with E-state index in [1.807, 2.05) is 0 Å². The summed E-state index contributed by atoms with van der Waals surface area (Å²) < 4.78 is 10.7. The van der Waals surface area contributed by atoms with Gasteiger partial charge in [0.2, 0.25) is 0 Å². The molecule has 2 aromatic carbocycles. The Bertz CT molecular complexity index is 1020. The van der Waals surface area contributed by atoms with Gasteiger partial charge >= 0.3 is 5.84 Å². The molecule has 0 aliphatic heterocycles. The van der Waals surface area contributed by atoms with Crippen LogP contribution in [0.25, 0.3) is 11.3 Å². The Morgan fingerprint density at radius 1 is 1.21 bits per heavy atom. The van der Waals surface area contributed by atoms with Crippen LogP contribution in [-0.4, -0.2) is 23.5 Å². The number of carbonyl (C=O) groups excluding carboxylic acids is 1. The Balaban J connectivity index is 1.69. The number of amidine groups is 1. The smallest absolute Gasteiger partial charge is 0.302 e. The summed E-state index contributed by atoms with van der Waals surface area (Å²) >= 11 is 12.0. The average Bonchev–Trinajstić information content (AvgIpc) is 3.07. The minimum atomic E-state index is -0.469.